The second kappa shape index (κ2) is 8.01. The van der Waals surface area contributed by atoms with Crippen molar-refractivity contribution in [1.29, 1.82) is 0 Å². The molecule has 3 N–H and O–H groups in total. The van der Waals surface area contributed by atoms with Gasteiger partial charge in [-0.25, -0.2) is 13.4 Å². The first-order valence-electron chi connectivity index (χ1n) is 10.2. The van der Waals surface area contributed by atoms with Crippen LogP contribution in [0.5, 0.6) is 0 Å². The van der Waals surface area contributed by atoms with E-state index in [1.165, 1.54) is 6.26 Å². The molecule has 5 rings (SSSR count). The summed E-state index contributed by atoms with van der Waals surface area (Å²) in [7, 11) is -3.28. The first-order chi connectivity index (χ1) is 15.5. The molecular weight excluding hydrogens is 430 g/mol. The summed E-state index contributed by atoms with van der Waals surface area (Å²) in [5.41, 5.74) is 8.43. The zero-order chi connectivity index (χ0) is 22.3. The number of benzene rings is 1. The van der Waals surface area contributed by atoms with Crippen LogP contribution in [0.1, 0.15) is 0 Å². The van der Waals surface area contributed by atoms with Crippen molar-refractivity contribution in [3.05, 3.63) is 48.8 Å². The first-order valence-corrected chi connectivity index (χ1v) is 12.1. The molecule has 166 valence electrons. The number of nitrogens with one attached hydrogen (secondary N) is 1. The molecule has 32 heavy (non-hydrogen) atoms. The van der Waals surface area contributed by atoms with E-state index in [9.17, 15) is 8.42 Å². The highest BCUT2D eigenvalue weighted by Gasteiger charge is 2.25. The molecule has 1 aliphatic rings. The molecule has 1 aliphatic heterocycles. The van der Waals surface area contributed by atoms with E-state index in [1.54, 1.807) is 29.2 Å². The fraction of sp³-hybridized carbons (Fsp3) is 0.286. The van der Waals surface area contributed by atoms with Crippen molar-refractivity contribution in [3.63, 3.8) is 0 Å². The molecule has 4 heterocycles. The summed E-state index contributed by atoms with van der Waals surface area (Å²) in [4.78, 5) is 7.36. The van der Waals surface area contributed by atoms with Crippen molar-refractivity contribution in [1.82, 2.24) is 25.0 Å². The molecule has 3 aromatic heterocycles. The van der Waals surface area contributed by atoms with Crippen LogP contribution in [0, 0.1) is 0 Å². The molecule has 1 fully saturated rings. The number of anilines is 1. The summed E-state index contributed by atoms with van der Waals surface area (Å²) in [6, 6.07) is 10.7. The van der Waals surface area contributed by atoms with Crippen LogP contribution in [-0.4, -0.2) is 72.0 Å². The molecule has 10 nitrogen and oxygen atoms in total. The minimum absolute atomic E-state index is 0.0117. The summed E-state index contributed by atoms with van der Waals surface area (Å²) in [6.45, 7) is 2.24. The Bertz CT molecular complexity index is 1350. The summed E-state index contributed by atoms with van der Waals surface area (Å²) in [5, 5.41) is 12.3. The lowest BCUT2D eigenvalue weighted by Gasteiger charge is -2.36. The number of nitrogens with two attached hydrogens (primary N) is 1. The summed E-state index contributed by atoms with van der Waals surface area (Å²) >= 11 is 0. The lowest BCUT2D eigenvalue weighted by atomic mass is 10.0. The highest BCUT2D eigenvalue weighted by atomic mass is 32.2. The molecule has 1 atom stereocenters. The molecule has 0 amide bonds. The van der Waals surface area contributed by atoms with Crippen molar-refractivity contribution in [2.45, 2.75) is 10.9 Å². The Labute approximate surface area is 184 Å². The Morgan fingerprint density at radius 1 is 1.25 bits per heavy atom. The number of hydrogen-bond donors (Lipinski definition) is 2. The maximum Gasteiger partial charge on any atom is 0.175 e. The van der Waals surface area contributed by atoms with Crippen LogP contribution in [0.25, 0.3) is 28.0 Å². The van der Waals surface area contributed by atoms with Crippen molar-refractivity contribution in [2.75, 3.05) is 37.5 Å². The Morgan fingerprint density at radius 2 is 2.06 bits per heavy atom. The molecule has 1 aromatic carbocycles. The van der Waals surface area contributed by atoms with Crippen LogP contribution in [0.3, 0.4) is 0 Å². The smallest absolute Gasteiger partial charge is 0.175 e. The average Bonchev–Trinajstić information content (AvgIpc) is 3.47. The number of sulfone groups is 1. The fourth-order valence-corrected chi connectivity index (χ4v) is 4.58. The highest BCUT2D eigenvalue weighted by molar-refractivity contribution is 7.90. The first kappa shape index (κ1) is 20.6. The quantitative estimate of drug-likeness (QED) is 0.463. The molecule has 1 saturated heterocycles. The van der Waals surface area contributed by atoms with Gasteiger partial charge in [0.1, 0.15) is 5.82 Å². The highest BCUT2D eigenvalue weighted by Crippen LogP contribution is 2.33. The number of aromatic amines is 1. The molecule has 0 aliphatic carbocycles. The van der Waals surface area contributed by atoms with E-state index in [1.807, 2.05) is 24.3 Å². The largest absolute Gasteiger partial charge is 0.377 e. The van der Waals surface area contributed by atoms with Crippen LogP contribution in [-0.2, 0) is 14.6 Å². The number of rotatable bonds is 5. The topological polar surface area (TPSA) is 132 Å². The van der Waals surface area contributed by atoms with Crippen molar-refractivity contribution in [3.8, 4) is 16.9 Å². The second-order valence-electron chi connectivity index (χ2n) is 7.72. The van der Waals surface area contributed by atoms with Gasteiger partial charge in [0.15, 0.2) is 21.3 Å². The van der Waals surface area contributed by atoms with Gasteiger partial charge in [-0.1, -0.05) is 12.1 Å². The minimum Gasteiger partial charge on any atom is -0.377 e. The molecule has 0 unspecified atom stereocenters. The normalized spacial score (nSPS) is 17.2. The number of hydrogen-bond acceptors (Lipinski definition) is 8. The lowest BCUT2D eigenvalue weighted by molar-refractivity contribution is 0.0959. The molecule has 0 bridgehead atoms. The number of ether oxygens (including phenoxy) is 1. The van der Waals surface area contributed by atoms with Gasteiger partial charge in [0.05, 0.1) is 36.5 Å². The van der Waals surface area contributed by atoms with Crippen LogP contribution < -0.4 is 10.6 Å². The number of H-pyrrole nitrogens is 1. The van der Waals surface area contributed by atoms with Crippen molar-refractivity contribution in [2.24, 2.45) is 5.73 Å². The van der Waals surface area contributed by atoms with Gasteiger partial charge >= 0.3 is 0 Å². The number of aromatic nitrogens is 5. The summed E-state index contributed by atoms with van der Waals surface area (Å²) < 4.78 is 31.1. The lowest BCUT2D eigenvalue weighted by Crippen LogP contribution is -2.49. The Balaban J connectivity index is 1.71. The molecule has 0 saturated carbocycles. The number of fused-ring (bicyclic) bond motifs is 1. The van der Waals surface area contributed by atoms with E-state index >= 15 is 0 Å². The maximum atomic E-state index is 11.9. The standard InChI is InChI=1S/C21H23N7O3S/c1-32(29,30)16-4-2-14(3-5-16)17-10-20(27-8-9-31-13-15(27)11-22)25-21-18(17)12-24-28(21)19-6-7-23-26-19/h2-7,10,12,15H,8-9,11,13,22H2,1H3,(H,23,26)/t15-/m1/s1. The summed E-state index contributed by atoms with van der Waals surface area (Å²) in [5.74, 6) is 1.46. The van der Waals surface area contributed by atoms with Gasteiger partial charge in [0.25, 0.3) is 0 Å². The Kier molecular flexibility index (Phi) is 5.16. The monoisotopic (exact) mass is 453 g/mol. The van der Waals surface area contributed by atoms with E-state index in [2.05, 4.69) is 20.2 Å². The van der Waals surface area contributed by atoms with E-state index in [-0.39, 0.29) is 10.9 Å². The number of pyridine rings is 1. The van der Waals surface area contributed by atoms with Crippen molar-refractivity contribution >= 4 is 26.7 Å². The van der Waals surface area contributed by atoms with Crippen LogP contribution in [0.4, 0.5) is 5.82 Å². The van der Waals surface area contributed by atoms with Gasteiger partial charge in [-0.2, -0.15) is 14.9 Å². The molecule has 11 heteroatoms. The molecular formula is C21H23N7O3S. The van der Waals surface area contributed by atoms with E-state index < -0.39 is 9.84 Å². The third-order valence-electron chi connectivity index (χ3n) is 5.63. The SMILES string of the molecule is CS(=O)(=O)c1ccc(-c2cc(N3CCOC[C@H]3CN)nc3c2cnn3-c2ccn[nH]2)cc1. The zero-order valence-corrected chi connectivity index (χ0v) is 18.3. The van der Waals surface area contributed by atoms with Gasteiger partial charge in [-0.3, -0.25) is 5.10 Å². The van der Waals surface area contributed by atoms with E-state index in [0.717, 1.165) is 22.3 Å². The molecule has 0 spiro atoms. The second-order valence-corrected chi connectivity index (χ2v) is 9.73. The number of morpholine rings is 1. The molecule has 4 aromatic rings. The Hall–Kier alpha value is -3.28. The minimum atomic E-state index is -3.28. The van der Waals surface area contributed by atoms with E-state index in [0.29, 0.717) is 37.8 Å². The average molecular weight is 454 g/mol. The maximum absolute atomic E-state index is 11.9. The van der Waals surface area contributed by atoms with E-state index in [4.69, 9.17) is 15.5 Å². The third kappa shape index (κ3) is 3.64. The Morgan fingerprint density at radius 3 is 2.75 bits per heavy atom. The van der Waals surface area contributed by atoms with Crippen LogP contribution >= 0.6 is 0 Å². The van der Waals surface area contributed by atoms with Crippen LogP contribution in [0.2, 0.25) is 0 Å². The molecule has 0 radical (unpaired) electrons. The fourth-order valence-electron chi connectivity index (χ4n) is 3.95. The predicted octanol–water partition coefficient (Wildman–Crippen LogP) is 1.38. The predicted molar refractivity (Wildman–Crippen MR) is 121 cm³/mol. The number of nitrogens with zero attached hydrogens (tertiary/aromatic N) is 5. The van der Waals surface area contributed by atoms with Gasteiger partial charge in [-0.15, -0.1) is 0 Å². The summed E-state index contributed by atoms with van der Waals surface area (Å²) in [6.07, 6.45) is 4.61. The zero-order valence-electron chi connectivity index (χ0n) is 17.5. The van der Waals surface area contributed by atoms with Gasteiger partial charge in [-0.05, 0) is 29.3 Å². The van der Waals surface area contributed by atoms with Gasteiger partial charge in [0, 0.05) is 30.8 Å². The van der Waals surface area contributed by atoms with Crippen molar-refractivity contribution < 1.29 is 13.2 Å². The third-order valence-corrected chi connectivity index (χ3v) is 6.76. The van der Waals surface area contributed by atoms with Gasteiger partial charge < -0.3 is 15.4 Å². The van der Waals surface area contributed by atoms with Crippen LogP contribution in [0.15, 0.2) is 53.7 Å². The van der Waals surface area contributed by atoms with Gasteiger partial charge in [0.2, 0.25) is 0 Å².